The van der Waals surface area contributed by atoms with E-state index in [9.17, 15) is 4.79 Å². The molecule has 0 saturated heterocycles. The fourth-order valence-corrected chi connectivity index (χ4v) is 2.93. The second-order valence-electron chi connectivity index (χ2n) is 5.12. The first-order valence-electron chi connectivity index (χ1n) is 7.47. The fourth-order valence-electron chi connectivity index (χ4n) is 2.06. The van der Waals surface area contributed by atoms with Crippen molar-refractivity contribution in [2.24, 2.45) is 0 Å². The fraction of sp³-hybridized carbons (Fsp3) is 0.0556. The van der Waals surface area contributed by atoms with Gasteiger partial charge in [-0.3, -0.25) is 9.10 Å². The van der Waals surface area contributed by atoms with Crippen molar-refractivity contribution < 1.29 is 4.79 Å². The maximum absolute atomic E-state index is 12.2. The largest absolute Gasteiger partial charge is 0.322 e. The quantitative estimate of drug-likeness (QED) is 0.669. The molecule has 126 valence electrons. The van der Waals surface area contributed by atoms with Crippen LogP contribution >= 0.6 is 23.5 Å². The molecular formula is C18H15ClN4OS. The van der Waals surface area contributed by atoms with Crippen LogP contribution in [-0.2, 0) is 0 Å². The van der Waals surface area contributed by atoms with Gasteiger partial charge >= 0.3 is 0 Å². The van der Waals surface area contributed by atoms with Crippen molar-refractivity contribution in [3.63, 3.8) is 0 Å². The summed E-state index contributed by atoms with van der Waals surface area (Å²) in [4.78, 5) is 21.6. The second-order valence-corrected chi connectivity index (χ2v) is 6.76. The van der Waals surface area contributed by atoms with E-state index in [1.807, 2.05) is 35.6 Å². The first-order chi connectivity index (χ1) is 12.1. The molecule has 1 N–H and O–H groups in total. The minimum absolute atomic E-state index is 0.174. The molecule has 0 aliphatic carbocycles. The molecule has 0 aliphatic rings. The average molecular weight is 371 g/mol. The molecule has 0 spiro atoms. The molecule has 0 unspecified atom stereocenters. The predicted molar refractivity (Wildman–Crippen MR) is 102 cm³/mol. The Balaban J connectivity index is 1.62. The van der Waals surface area contributed by atoms with Crippen LogP contribution in [0.25, 0.3) is 0 Å². The van der Waals surface area contributed by atoms with Gasteiger partial charge in [-0.05, 0) is 66.5 Å². The number of aromatic nitrogens is 2. The third-order valence-electron chi connectivity index (χ3n) is 3.29. The Morgan fingerprint density at radius 2 is 1.68 bits per heavy atom. The van der Waals surface area contributed by atoms with Gasteiger partial charge in [-0.2, -0.15) is 0 Å². The van der Waals surface area contributed by atoms with Crippen LogP contribution in [0.3, 0.4) is 0 Å². The van der Waals surface area contributed by atoms with Crippen molar-refractivity contribution in [2.75, 3.05) is 16.7 Å². The summed E-state index contributed by atoms with van der Waals surface area (Å²) >= 11 is 7.34. The zero-order valence-electron chi connectivity index (χ0n) is 13.4. The Bertz CT molecular complexity index is 841. The Morgan fingerprint density at radius 1 is 1.04 bits per heavy atom. The molecule has 3 rings (SSSR count). The summed E-state index contributed by atoms with van der Waals surface area (Å²) in [5.74, 6) is 0.458. The lowest BCUT2D eigenvalue weighted by molar-refractivity contribution is 0.102. The molecule has 0 saturated carbocycles. The molecule has 5 nitrogen and oxygen atoms in total. The number of carbonyl (C=O) groups is 1. The van der Waals surface area contributed by atoms with Gasteiger partial charge in [0.05, 0.1) is 0 Å². The van der Waals surface area contributed by atoms with Gasteiger partial charge in [-0.1, -0.05) is 11.6 Å². The lowest BCUT2D eigenvalue weighted by Gasteiger charge is -2.15. The van der Waals surface area contributed by atoms with E-state index < -0.39 is 0 Å². The third-order valence-corrected chi connectivity index (χ3v) is 4.47. The first kappa shape index (κ1) is 17.3. The van der Waals surface area contributed by atoms with Crippen LogP contribution in [0.4, 0.5) is 11.6 Å². The summed E-state index contributed by atoms with van der Waals surface area (Å²) in [5.41, 5.74) is 1.28. The van der Waals surface area contributed by atoms with Crippen LogP contribution in [0.1, 0.15) is 10.4 Å². The van der Waals surface area contributed by atoms with Crippen molar-refractivity contribution in [3.05, 3.63) is 77.6 Å². The second kappa shape index (κ2) is 8.00. The number of hydrogen-bond donors (Lipinski definition) is 1. The summed E-state index contributed by atoms with van der Waals surface area (Å²) in [6.45, 7) is 0. The number of nitrogens with one attached hydrogen (secondary N) is 1. The Kier molecular flexibility index (Phi) is 5.53. The lowest BCUT2D eigenvalue weighted by atomic mass is 10.2. The van der Waals surface area contributed by atoms with E-state index in [0.29, 0.717) is 16.5 Å². The Hall–Kier alpha value is -2.57. The number of halogens is 1. The van der Waals surface area contributed by atoms with Gasteiger partial charge in [0.15, 0.2) is 0 Å². The third kappa shape index (κ3) is 4.71. The average Bonchev–Trinajstić information content (AvgIpc) is 2.64. The highest BCUT2D eigenvalue weighted by Gasteiger charge is 2.08. The van der Waals surface area contributed by atoms with Gasteiger partial charge in [-0.25, -0.2) is 9.97 Å². The minimum atomic E-state index is -0.174. The Labute approximate surface area is 155 Å². The molecule has 0 bridgehead atoms. The number of benzene rings is 2. The van der Waals surface area contributed by atoms with Gasteiger partial charge < -0.3 is 5.32 Å². The number of amides is 1. The summed E-state index contributed by atoms with van der Waals surface area (Å²) in [6.07, 6.45) is 3.41. The molecule has 0 fully saturated rings. The van der Waals surface area contributed by atoms with Crippen molar-refractivity contribution in [3.8, 4) is 0 Å². The van der Waals surface area contributed by atoms with Gasteiger partial charge in [0.2, 0.25) is 5.95 Å². The van der Waals surface area contributed by atoms with Gasteiger partial charge in [-0.15, -0.1) is 0 Å². The first-order valence-corrected chi connectivity index (χ1v) is 8.62. The normalized spacial score (nSPS) is 10.3. The number of rotatable bonds is 5. The summed E-state index contributed by atoms with van der Waals surface area (Å²) in [6, 6.07) is 16.1. The summed E-state index contributed by atoms with van der Waals surface area (Å²) < 4.78 is 1.88. The van der Waals surface area contributed by atoms with E-state index in [-0.39, 0.29) is 5.91 Å². The van der Waals surface area contributed by atoms with Crippen molar-refractivity contribution in [2.45, 2.75) is 4.90 Å². The lowest BCUT2D eigenvalue weighted by Crippen LogP contribution is -2.12. The molecule has 7 heteroatoms. The van der Waals surface area contributed by atoms with E-state index in [1.54, 1.807) is 42.7 Å². The molecule has 25 heavy (non-hydrogen) atoms. The molecule has 0 aliphatic heterocycles. The number of nitrogens with zero attached hydrogens (tertiary/aromatic N) is 3. The number of hydrogen-bond acceptors (Lipinski definition) is 5. The highest BCUT2D eigenvalue weighted by molar-refractivity contribution is 8.00. The highest BCUT2D eigenvalue weighted by Crippen LogP contribution is 2.25. The van der Waals surface area contributed by atoms with Crippen molar-refractivity contribution in [1.82, 2.24) is 9.97 Å². The van der Waals surface area contributed by atoms with E-state index >= 15 is 0 Å². The zero-order chi connectivity index (χ0) is 17.6. The monoisotopic (exact) mass is 370 g/mol. The molecule has 3 aromatic rings. The van der Waals surface area contributed by atoms with Crippen LogP contribution < -0.4 is 9.62 Å². The molecule has 2 aromatic carbocycles. The van der Waals surface area contributed by atoms with Gasteiger partial charge in [0.1, 0.15) is 0 Å². The molecule has 0 atom stereocenters. The SMILES string of the molecule is CN(Sc1ccc(NC(=O)c2ccc(Cl)cc2)cc1)c1ncccn1. The van der Waals surface area contributed by atoms with E-state index in [4.69, 9.17) is 11.6 Å². The maximum atomic E-state index is 12.2. The molecule has 1 heterocycles. The van der Waals surface area contributed by atoms with Crippen molar-refractivity contribution in [1.29, 1.82) is 0 Å². The van der Waals surface area contributed by atoms with Crippen LogP contribution in [0.2, 0.25) is 5.02 Å². The summed E-state index contributed by atoms with van der Waals surface area (Å²) in [5, 5.41) is 3.46. The van der Waals surface area contributed by atoms with Crippen LogP contribution in [0, 0.1) is 0 Å². The molecule has 0 radical (unpaired) electrons. The van der Waals surface area contributed by atoms with Gasteiger partial charge in [0, 0.05) is 40.6 Å². The minimum Gasteiger partial charge on any atom is -0.322 e. The van der Waals surface area contributed by atoms with E-state index in [2.05, 4.69) is 15.3 Å². The highest BCUT2D eigenvalue weighted by atomic mass is 35.5. The maximum Gasteiger partial charge on any atom is 0.255 e. The predicted octanol–water partition coefficient (Wildman–Crippen LogP) is 4.53. The van der Waals surface area contributed by atoms with Crippen LogP contribution in [0.5, 0.6) is 0 Å². The standard InChI is InChI=1S/C18H15ClN4OS/c1-23(18-20-11-2-12-21-18)25-16-9-7-15(8-10-16)22-17(24)13-3-5-14(19)6-4-13/h2-12H,1H3,(H,22,24). The molecule has 1 aromatic heterocycles. The Morgan fingerprint density at radius 3 is 2.32 bits per heavy atom. The van der Waals surface area contributed by atoms with Crippen molar-refractivity contribution >= 4 is 41.1 Å². The zero-order valence-corrected chi connectivity index (χ0v) is 15.0. The topological polar surface area (TPSA) is 58.1 Å². The number of carbonyl (C=O) groups excluding carboxylic acids is 1. The summed E-state index contributed by atoms with van der Waals surface area (Å²) in [7, 11) is 1.90. The van der Waals surface area contributed by atoms with E-state index in [0.717, 1.165) is 10.6 Å². The van der Waals surface area contributed by atoms with Crippen LogP contribution in [0.15, 0.2) is 71.9 Å². The number of anilines is 2. The smallest absolute Gasteiger partial charge is 0.255 e. The van der Waals surface area contributed by atoms with E-state index in [1.165, 1.54) is 11.9 Å². The van der Waals surface area contributed by atoms with Crippen LogP contribution in [-0.4, -0.2) is 22.9 Å². The van der Waals surface area contributed by atoms with Gasteiger partial charge in [0.25, 0.3) is 5.91 Å². The molecule has 1 amide bonds. The molecular weight excluding hydrogens is 356 g/mol.